The number of rotatable bonds is 3. The van der Waals surface area contributed by atoms with Crippen LogP contribution in [0.2, 0.25) is 0 Å². The Morgan fingerprint density at radius 1 is 1.40 bits per heavy atom. The van der Waals surface area contributed by atoms with Gasteiger partial charge in [-0.2, -0.15) is 0 Å². The van der Waals surface area contributed by atoms with Crippen LogP contribution in [0.4, 0.5) is 0 Å². The highest BCUT2D eigenvalue weighted by Gasteiger charge is 2.45. The van der Waals surface area contributed by atoms with Crippen molar-refractivity contribution in [3.8, 4) is 0 Å². The van der Waals surface area contributed by atoms with Gasteiger partial charge in [-0.15, -0.1) is 0 Å². The Morgan fingerprint density at radius 3 is 2.53 bits per heavy atom. The number of nitrogens with zero attached hydrogens (tertiary/aromatic N) is 1. The van der Waals surface area contributed by atoms with Gasteiger partial charge in [0.1, 0.15) is 0 Å². The van der Waals surface area contributed by atoms with Crippen molar-refractivity contribution in [3.05, 3.63) is 0 Å². The number of hydrogen-bond acceptors (Lipinski definition) is 3. The zero-order valence-electron chi connectivity index (χ0n) is 9.82. The Bertz CT molecular complexity index is 224. The van der Waals surface area contributed by atoms with Crippen LogP contribution in [0.1, 0.15) is 33.1 Å². The SMILES string of the molecule is CC(C)[C@H]1C[C@@](O)(CN2CC[C@@H](O)C2)C1. The minimum absolute atomic E-state index is 0.172. The van der Waals surface area contributed by atoms with Crippen LogP contribution in [-0.2, 0) is 0 Å². The van der Waals surface area contributed by atoms with Gasteiger partial charge in [0.15, 0.2) is 0 Å². The molecule has 0 spiro atoms. The van der Waals surface area contributed by atoms with Gasteiger partial charge in [-0.3, -0.25) is 4.90 Å². The first-order chi connectivity index (χ1) is 6.98. The van der Waals surface area contributed by atoms with Gasteiger partial charge in [0.2, 0.25) is 0 Å². The molecule has 1 heterocycles. The van der Waals surface area contributed by atoms with E-state index in [0.29, 0.717) is 11.8 Å². The van der Waals surface area contributed by atoms with Crippen molar-refractivity contribution in [2.45, 2.75) is 44.8 Å². The van der Waals surface area contributed by atoms with Gasteiger partial charge in [-0.05, 0) is 31.1 Å². The average Bonchev–Trinajstić information content (AvgIpc) is 2.46. The number of likely N-dealkylation sites (tertiary alicyclic amines) is 1. The minimum Gasteiger partial charge on any atom is -0.392 e. The maximum absolute atomic E-state index is 10.3. The molecule has 2 fully saturated rings. The molecule has 1 atom stereocenters. The molecule has 1 aliphatic heterocycles. The lowest BCUT2D eigenvalue weighted by atomic mass is 9.66. The normalized spacial score (nSPS) is 42.2. The van der Waals surface area contributed by atoms with E-state index in [2.05, 4.69) is 18.7 Å². The van der Waals surface area contributed by atoms with E-state index in [9.17, 15) is 10.2 Å². The van der Waals surface area contributed by atoms with Crippen molar-refractivity contribution < 1.29 is 10.2 Å². The molecule has 3 heteroatoms. The summed E-state index contributed by atoms with van der Waals surface area (Å²) in [5.74, 6) is 1.39. The standard InChI is InChI=1S/C12H23NO2/c1-9(2)10-5-12(15,6-10)8-13-4-3-11(14)7-13/h9-11,14-15H,3-8H2,1-2H3/t10-,11-,12-/m1/s1. The summed E-state index contributed by atoms with van der Waals surface area (Å²) in [6.07, 6.45) is 2.58. The molecule has 0 aromatic rings. The summed E-state index contributed by atoms with van der Waals surface area (Å²) in [7, 11) is 0. The molecule has 3 nitrogen and oxygen atoms in total. The van der Waals surface area contributed by atoms with Crippen molar-refractivity contribution in [2.75, 3.05) is 19.6 Å². The Balaban J connectivity index is 1.76. The number of hydrogen-bond donors (Lipinski definition) is 2. The van der Waals surface area contributed by atoms with Crippen molar-refractivity contribution >= 4 is 0 Å². The first kappa shape index (κ1) is 11.4. The zero-order valence-corrected chi connectivity index (χ0v) is 9.82. The van der Waals surface area contributed by atoms with E-state index in [1.165, 1.54) is 0 Å². The van der Waals surface area contributed by atoms with E-state index in [1.54, 1.807) is 0 Å². The lowest BCUT2D eigenvalue weighted by molar-refractivity contribution is -0.103. The van der Waals surface area contributed by atoms with Gasteiger partial charge in [-0.25, -0.2) is 0 Å². The van der Waals surface area contributed by atoms with Crippen LogP contribution in [0.3, 0.4) is 0 Å². The monoisotopic (exact) mass is 213 g/mol. The predicted octanol–water partition coefficient (Wildman–Crippen LogP) is 0.850. The van der Waals surface area contributed by atoms with E-state index >= 15 is 0 Å². The quantitative estimate of drug-likeness (QED) is 0.730. The van der Waals surface area contributed by atoms with Gasteiger partial charge in [0.05, 0.1) is 11.7 Å². The second-order valence-electron chi connectivity index (χ2n) is 5.81. The van der Waals surface area contributed by atoms with E-state index in [1.807, 2.05) is 0 Å². The smallest absolute Gasteiger partial charge is 0.0779 e. The minimum atomic E-state index is -0.459. The summed E-state index contributed by atoms with van der Waals surface area (Å²) in [6, 6.07) is 0. The molecule has 88 valence electrons. The summed E-state index contributed by atoms with van der Waals surface area (Å²) in [4.78, 5) is 2.20. The molecule has 2 aliphatic rings. The number of β-amino-alcohol motifs (C(OH)–C–C–N with tert-alkyl or cyclic N) is 2. The molecule has 1 saturated heterocycles. The van der Waals surface area contributed by atoms with E-state index < -0.39 is 5.60 Å². The first-order valence-electron chi connectivity index (χ1n) is 6.11. The molecule has 0 aromatic heterocycles. The fourth-order valence-electron chi connectivity index (χ4n) is 2.89. The van der Waals surface area contributed by atoms with Gasteiger partial charge < -0.3 is 10.2 Å². The number of aliphatic hydroxyl groups is 2. The van der Waals surface area contributed by atoms with Crippen LogP contribution in [-0.4, -0.2) is 46.5 Å². The summed E-state index contributed by atoms with van der Waals surface area (Å²) < 4.78 is 0. The van der Waals surface area contributed by atoms with Crippen LogP contribution in [0.5, 0.6) is 0 Å². The third-order valence-corrected chi connectivity index (χ3v) is 3.99. The largest absolute Gasteiger partial charge is 0.392 e. The molecule has 1 saturated carbocycles. The van der Waals surface area contributed by atoms with Gasteiger partial charge in [-0.1, -0.05) is 13.8 Å². The maximum Gasteiger partial charge on any atom is 0.0779 e. The third kappa shape index (κ3) is 2.52. The van der Waals surface area contributed by atoms with Gasteiger partial charge in [0.25, 0.3) is 0 Å². The third-order valence-electron chi connectivity index (χ3n) is 3.99. The van der Waals surface area contributed by atoms with E-state index in [4.69, 9.17) is 0 Å². The fraction of sp³-hybridized carbons (Fsp3) is 1.00. The van der Waals surface area contributed by atoms with Gasteiger partial charge >= 0.3 is 0 Å². The molecule has 2 rings (SSSR count). The molecule has 0 aromatic carbocycles. The molecule has 2 N–H and O–H groups in total. The second-order valence-corrected chi connectivity index (χ2v) is 5.81. The average molecular weight is 213 g/mol. The van der Waals surface area contributed by atoms with Crippen molar-refractivity contribution in [1.82, 2.24) is 4.90 Å². The molecule has 0 radical (unpaired) electrons. The second kappa shape index (κ2) is 4.04. The van der Waals surface area contributed by atoms with Gasteiger partial charge in [0, 0.05) is 19.6 Å². The summed E-state index contributed by atoms with van der Waals surface area (Å²) in [5.41, 5.74) is -0.459. The molecule has 15 heavy (non-hydrogen) atoms. The lowest BCUT2D eigenvalue weighted by Crippen LogP contribution is -2.53. The van der Waals surface area contributed by atoms with Crippen LogP contribution in [0, 0.1) is 11.8 Å². The molecule has 1 aliphatic carbocycles. The van der Waals surface area contributed by atoms with E-state index in [-0.39, 0.29) is 6.10 Å². The van der Waals surface area contributed by atoms with Crippen LogP contribution in [0.25, 0.3) is 0 Å². The van der Waals surface area contributed by atoms with E-state index in [0.717, 1.165) is 38.9 Å². The lowest BCUT2D eigenvalue weighted by Gasteiger charge is -2.47. The Labute approximate surface area is 92.1 Å². The molecule has 0 amide bonds. The highest BCUT2D eigenvalue weighted by atomic mass is 16.3. The molecule has 0 unspecified atom stereocenters. The van der Waals surface area contributed by atoms with Crippen LogP contribution >= 0.6 is 0 Å². The summed E-state index contributed by atoms with van der Waals surface area (Å²) in [5, 5.41) is 19.7. The Morgan fingerprint density at radius 2 is 2.07 bits per heavy atom. The number of aliphatic hydroxyl groups excluding tert-OH is 1. The molecule has 0 bridgehead atoms. The van der Waals surface area contributed by atoms with Crippen LogP contribution in [0.15, 0.2) is 0 Å². The topological polar surface area (TPSA) is 43.7 Å². The zero-order chi connectivity index (χ0) is 11.1. The Hall–Kier alpha value is -0.120. The molecular weight excluding hydrogens is 190 g/mol. The van der Waals surface area contributed by atoms with Crippen LogP contribution < -0.4 is 0 Å². The fourth-order valence-corrected chi connectivity index (χ4v) is 2.89. The van der Waals surface area contributed by atoms with Crippen molar-refractivity contribution in [1.29, 1.82) is 0 Å². The van der Waals surface area contributed by atoms with Crippen molar-refractivity contribution in [3.63, 3.8) is 0 Å². The summed E-state index contributed by atoms with van der Waals surface area (Å²) in [6.45, 7) is 6.89. The first-order valence-corrected chi connectivity index (χ1v) is 6.11. The molecular formula is C12H23NO2. The highest BCUT2D eigenvalue weighted by molar-refractivity contribution is 4.98. The predicted molar refractivity (Wildman–Crippen MR) is 59.6 cm³/mol. The maximum atomic E-state index is 10.3. The highest BCUT2D eigenvalue weighted by Crippen LogP contribution is 2.42. The Kier molecular flexibility index (Phi) is 3.06. The summed E-state index contributed by atoms with van der Waals surface area (Å²) >= 11 is 0. The van der Waals surface area contributed by atoms with Crippen molar-refractivity contribution in [2.24, 2.45) is 11.8 Å².